The number of carbonyl (C=O) groups is 2. The fraction of sp³-hybridized carbons (Fsp3) is 0.500. The van der Waals surface area contributed by atoms with Crippen LogP contribution in [0.3, 0.4) is 0 Å². The van der Waals surface area contributed by atoms with Gasteiger partial charge in [-0.15, -0.1) is 0 Å². The molecule has 3 fully saturated rings. The van der Waals surface area contributed by atoms with Gasteiger partial charge in [0.05, 0.1) is 11.0 Å². The van der Waals surface area contributed by atoms with Crippen LogP contribution in [0.1, 0.15) is 63.8 Å². The topological polar surface area (TPSA) is 84.2 Å². The van der Waals surface area contributed by atoms with Crippen molar-refractivity contribution in [3.8, 4) is 11.4 Å². The van der Waals surface area contributed by atoms with Gasteiger partial charge in [-0.05, 0) is 99.3 Å². The number of carboxylic acid groups (broad SMARTS) is 1. The Kier molecular flexibility index (Phi) is 7.08. The number of amides is 1. The van der Waals surface area contributed by atoms with Gasteiger partial charge in [0.2, 0.25) is 5.91 Å². The zero-order chi connectivity index (χ0) is 27.3. The van der Waals surface area contributed by atoms with Gasteiger partial charge >= 0.3 is 5.97 Å². The van der Waals surface area contributed by atoms with Crippen LogP contribution in [0.5, 0.6) is 0 Å². The Hall–Kier alpha value is -3.00. The van der Waals surface area contributed by atoms with Gasteiger partial charge in [-0.1, -0.05) is 11.6 Å². The Morgan fingerprint density at radius 2 is 1.59 bits per heavy atom. The lowest BCUT2D eigenvalue weighted by Crippen LogP contribution is -2.44. The highest BCUT2D eigenvalue weighted by atomic mass is 35.5. The molecule has 1 heterocycles. The third-order valence-corrected chi connectivity index (χ3v) is 9.56. The molecule has 1 aromatic heterocycles. The monoisotopic (exact) mass is 555 g/mol. The van der Waals surface area contributed by atoms with Crippen molar-refractivity contribution in [1.82, 2.24) is 14.9 Å². The first-order chi connectivity index (χ1) is 18.8. The first kappa shape index (κ1) is 26.2. The van der Waals surface area contributed by atoms with Crippen LogP contribution in [0.25, 0.3) is 22.4 Å². The standard InChI is InChI=1S/C30H32ClF2N3O3/c31-20-9-7-19(8-10-20)29-35-24-14-22(32)23(33)15-25(24)36(29)28(27-17-3-4-18(27)6-5-17)30(39)34-21-11-1-16(2-12-21)13-26(37)38/h7-10,14-18,21,27-28H,1-6,11-13H2,(H,34,39)(H,37,38). The van der Waals surface area contributed by atoms with Crippen LogP contribution < -0.4 is 5.32 Å². The summed E-state index contributed by atoms with van der Waals surface area (Å²) in [6, 6.07) is 8.70. The minimum Gasteiger partial charge on any atom is -0.481 e. The average molecular weight is 556 g/mol. The molecular formula is C30H32ClF2N3O3. The van der Waals surface area contributed by atoms with Crippen molar-refractivity contribution in [2.45, 2.75) is 69.9 Å². The lowest BCUT2D eigenvalue weighted by Gasteiger charge is -2.33. The number of halogens is 3. The summed E-state index contributed by atoms with van der Waals surface area (Å²) in [6.07, 6.45) is 7.36. The molecule has 6 rings (SSSR count). The molecule has 206 valence electrons. The van der Waals surface area contributed by atoms with Crippen molar-refractivity contribution in [2.24, 2.45) is 23.7 Å². The van der Waals surface area contributed by atoms with Crippen LogP contribution in [0.2, 0.25) is 5.02 Å². The zero-order valence-corrected chi connectivity index (χ0v) is 22.3. The highest BCUT2D eigenvalue weighted by molar-refractivity contribution is 6.30. The predicted octanol–water partition coefficient (Wildman–Crippen LogP) is 6.76. The molecule has 2 aromatic carbocycles. The molecule has 1 amide bonds. The molecule has 3 aliphatic carbocycles. The molecule has 1 unspecified atom stereocenters. The Bertz CT molecular complexity index is 1380. The van der Waals surface area contributed by atoms with E-state index in [1.165, 1.54) is 0 Å². The third-order valence-electron chi connectivity index (χ3n) is 9.31. The van der Waals surface area contributed by atoms with Gasteiger partial charge in [-0.25, -0.2) is 13.8 Å². The van der Waals surface area contributed by atoms with Gasteiger partial charge in [0, 0.05) is 35.2 Å². The summed E-state index contributed by atoms with van der Waals surface area (Å²) < 4.78 is 30.8. The Morgan fingerprint density at radius 3 is 2.21 bits per heavy atom. The van der Waals surface area contributed by atoms with Crippen molar-refractivity contribution in [3.05, 3.63) is 53.1 Å². The van der Waals surface area contributed by atoms with E-state index < -0.39 is 23.6 Å². The highest BCUT2D eigenvalue weighted by Crippen LogP contribution is 2.55. The lowest BCUT2D eigenvalue weighted by molar-refractivity contribution is -0.138. The normalized spacial score (nSPS) is 27.1. The van der Waals surface area contributed by atoms with E-state index in [0.29, 0.717) is 39.3 Å². The van der Waals surface area contributed by atoms with Crippen LogP contribution in [0, 0.1) is 35.3 Å². The number of hydrogen-bond donors (Lipinski definition) is 2. The van der Waals surface area contributed by atoms with E-state index in [-0.39, 0.29) is 30.2 Å². The number of benzene rings is 2. The van der Waals surface area contributed by atoms with Crippen molar-refractivity contribution < 1.29 is 23.5 Å². The molecule has 0 spiro atoms. The quantitative estimate of drug-likeness (QED) is 0.337. The summed E-state index contributed by atoms with van der Waals surface area (Å²) in [5, 5.41) is 13.0. The molecule has 39 heavy (non-hydrogen) atoms. The minimum atomic E-state index is -0.977. The SMILES string of the molecule is O=C(O)CC1CCC(NC(=O)C(C2C3CCC2CC3)n2c(-c3ccc(Cl)cc3)nc3cc(F)c(F)cc32)CC1. The summed E-state index contributed by atoms with van der Waals surface area (Å²) in [4.78, 5) is 30.1. The van der Waals surface area contributed by atoms with Gasteiger partial charge < -0.3 is 15.0 Å². The lowest BCUT2D eigenvalue weighted by atomic mass is 9.83. The number of aliphatic carboxylic acids is 1. The zero-order valence-electron chi connectivity index (χ0n) is 21.6. The molecule has 1 atom stereocenters. The number of fused-ring (bicyclic) bond motifs is 3. The summed E-state index contributed by atoms with van der Waals surface area (Å²) >= 11 is 6.15. The van der Waals surface area contributed by atoms with Crippen LogP contribution >= 0.6 is 11.6 Å². The maximum atomic E-state index is 14.6. The molecule has 0 radical (unpaired) electrons. The first-order valence-electron chi connectivity index (χ1n) is 13.9. The minimum absolute atomic E-state index is 0.0490. The Morgan fingerprint density at radius 1 is 0.974 bits per heavy atom. The third kappa shape index (κ3) is 5.04. The summed E-state index contributed by atoms with van der Waals surface area (Å²) in [7, 11) is 0. The number of rotatable bonds is 7. The van der Waals surface area contributed by atoms with Gasteiger partial charge in [-0.3, -0.25) is 9.59 Å². The number of carboxylic acids is 1. The Labute approximate surface area is 230 Å². The van der Waals surface area contributed by atoms with Crippen molar-refractivity contribution in [3.63, 3.8) is 0 Å². The molecule has 0 saturated heterocycles. The number of imidazole rings is 1. The van der Waals surface area contributed by atoms with Crippen molar-refractivity contribution >= 4 is 34.5 Å². The van der Waals surface area contributed by atoms with Gasteiger partial charge in [0.15, 0.2) is 11.6 Å². The number of hydrogen-bond acceptors (Lipinski definition) is 3. The molecular weight excluding hydrogens is 524 g/mol. The highest BCUT2D eigenvalue weighted by Gasteiger charge is 2.49. The van der Waals surface area contributed by atoms with Crippen LogP contribution in [0.15, 0.2) is 36.4 Å². The van der Waals surface area contributed by atoms with Crippen molar-refractivity contribution in [1.29, 1.82) is 0 Å². The largest absolute Gasteiger partial charge is 0.481 e. The predicted molar refractivity (Wildman–Crippen MR) is 144 cm³/mol. The van der Waals surface area contributed by atoms with E-state index in [9.17, 15) is 18.4 Å². The average Bonchev–Trinajstić information content (AvgIpc) is 3.60. The molecule has 2 N–H and O–H groups in total. The fourth-order valence-electron chi connectivity index (χ4n) is 7.50. The molecule has 3 saturated carbocycles. The smallest absolute Gasteiger partial charge is 0.303 e. The Balaban J connectivity index is 1.41. The molecule has 3 aromatic rings. The molecule has 2 bridgehead atoms. The second-order valence-electron chi connectivity index (χ2n) is 11.6. The molecule has 3 aliphatic rings. The van der Waals surface area contributed by atoms with Crippen molar-refractivity contribution in [2.75, 3.05) is 0 Å². The number of nitrogens with one attached hydrogen (secondary N) is 1. The second kappa shape index (κ2) is 10.5. The van der Waals surface area contributed by atoms with Gasteiger partial charge in [0.25, 0.3) is 0 Å². The molecule has 6 nitrogen and oxygen atoms in total. The summed E-state index contributed by atoms with van der Waals surface area (Å²) in [5.74, 6) is -1.40. The first-order valence-corrected chi connectivity index (χ1v) is 14.3. The van der Waals surface area contributed by atoms with E-state index in [2.05, 4.69) is 5.32 Å². The van der Waals surface area contributed by atoms with E-state index in [1.54, 1.807) is 12.1 Å². The summed E-state index contributed by atoms with van der Waals surface area (Å²) in [6.45, 7) is 0. The van der Waals surface area contributed by atoms with E-state index in [4.69, 9.17) is 21.7 Å². The number of aromatic nitrogens is 2. The van der Waals surface area contributed by atoms with E-state index in [1.807, 2.05) is 16.7 Å². The van der Waals surface area contributed by atoms with Crippen LogP contribution in [0.4, 0.5) is 8.78 Å². The molecule has 0 aliphatic heterocycles. The van der Waals surface area contributed by atoms with Crippen LogP contribution in [-0.4, -0.2) is 32.6 Å². The number of nitrogens with zero attached hydrogens (tertiary/aromatic N) is 2. The van der Waals surface area contributed by atoms with E-state index in [0.717, 1.165) is 63.5 Å². The van der Waals surface area contributed by atoms with Gasteiger partial charge in [-0.2, -0.15) is 0 Å². The maximum Gasteiger partial charge on any atom is 0.303 e. The summed E-state index contributed by atoms with van der Waals surface area (Å²) in [5.41, 5.74) is 1.42. The van der Waals surface area contributed by atoms with Crippen LogP contribution in [-0.2, 0) is 9.59 Å². The maximum absolute atomic E-state index is 14.6. The number of carbonyl (C=O) groups excluding carboxylic acids is 1. The van der Waals surface area contributed by atoms with Gasteiger partial charge in [0.1, 0.15) is 11.9 Å². The van der Waals surface area contributed by atoms with E-state index >= 15 is 0 Å². The second-order valence-corrected chi connectivity index (χ2v) is 12.0. The fourth-order valence-corrected chi connectivity index (χ4v) is 7.62. The molecule has 9 heteroatoms.